The summed E-state index contributed by atoms with van der Waals surface area (Å²) in [6.45, 7) is 1.80. The van der Waals surface area contributed by atoms with E-state index in [4.69, 9.17) is 27.9 Å². The third-order valence-electron chi connectivity index (χ3n) is 2.42. The highest BCUT2D eigenvalue weighted by Crippen LogP contribution is 2.25. The van der Waals surface area contributed by atoms with E-state index in [9.17, 15) is 4.79 Å². The van der Waals surface area contributed by atoms with Gasteiger partial charge >= 0.3 is 0 Å². The molecule has 1 amide bonds. The number of methoxy groups -OCH3 is 1. The lowest BCUT2D eigenvalue weighted by Crippen LogP contribution is -2.49. The third-order valence-corrected chi connectivity index (χ3v) is 4.22. The van der Waals surface area contributed by atoms with Gasteiger partial charge in [0, 0.05) is 17.3 Å². The Morgan fingerprint density at radius 2 is 2.06 bits per heavy atom. The minimum atomic E-state index is -0.618. The van der Waals surface area contributed by atoms with Crippen LogP contribution in [0.1, 0.15) is 17.3 Å². The largest absolute Gasteiger partial charge is 0.496 e. The van der Waals surface area contributed by atoms with Gasteiger partial charge in [-0.1, -0.05) is 0 Å². The molecule has 0 aliphatic rings. The van der Waals surface area contributed by atoms with Crippen molar-refractivity contribution < 1.29 is 9.53 Å². The molecule has 3 nitrogen and oxygen atoms in total. The van der Waals surface area contributed by atoms with Gasteiger partial charge < -0.3 is 10.1 Å². The predicted octanol–water partition coefficient (Wildman–Crippen LogP) is 3.42. The SMILES string of the molecule is COc1ccc(C(=O)NC(C)(CCl)CCl)cc1Br. The van der Waals surface area contributed by atoms with E-state index in [0.717, 1.165) is 4.47 Å². The van der Waals surface area contributed by atoms with Crippen LogP contribution in [0.25, 0.3) is 0 Å². The molecule has 1 aromatic carbocycles. The van der Waals surface area contributed by atoms with E-state index < -0.39 is 5.54 Å². The molecule has 18 heavy (non-hydrogen) atoms. The minimum absolute atomic E-state index is 0.220. The molecule has 1 N–H and O–H groups in total. The predicted molar refractivity (Wildman–Crippen MR) is 78.0 cm³/mol. The first-order valence-electron chi connectivity index (χ1n) is 5.24. The smallest absolute Gasteiger partial charge is 0.251 e. The Bertz CT molecular complexity index is 436. The van der Waals surface area contributed by atoms with Gasteiger partial charge in [0.25, 0.3) is 5.91 Å². The number of nitrogens with one attached hydrogen (secondary N) is 1. The Balaban J connectivity index is 2.88. The lowest BCUT2D eigenvalue weighted by atomic mass is 10.1. The number of carbonyl (C=O) groups is 1. The van der Waals surface area contributed by atoms with Crippen molar-refractivity contribution in [2.24, 2.45) is 0 Å². The molecule has 0 saturated heterocycles. The number of hydrogen-bond donors (Lipinski definition) is 1. The van der Waals surface area contributed by atoms with Crippen LogP contribution < -0.4 is 10.1 Å². The van der Waals surface area contributed by atoms with E-state index in [1.807, 2.05) is 0 Å². The van der Waals surface area contributed by atoms with Crippen LogP contribution in [0.4, 0.5) is 0 Å². The minimum Gasteiger partial charge on any atom is -0.496 e. The summed E-state index contributed by atoms with van der Waals surface area (Å²) in [4.78, 5) is 12.0. The average molecular weight is 355 g/mol. The van der Waals surface area contributed by atoms with Gasteiger partial charge in [-0.05, 0) is 41.1 Å². The second-order valence-corrected chi connectivity index (χ2v) is 5.52. The fourth-order valence-corrected chi connectivity index (χ4v) is 2.22. The van der Waals surface area contributed by atoms with Gasteiger partial charge in [0.1, 0.15) is 5.75 Å². The van der Waals surface area contributed by atoms with Crippen LogP contribution in [0.3, 0.4) is 0 Å². The van der Waals surface area contributed by atoms with Crippen molar-refractivity contribution in [2.75, 3.05) is 18.9 Å². The van der Waals surface area contributed by atoms with E-state index in [-0.39, 0.29) is 17.7 Å². The Morgan fingerprint density at radius 1 is 1.44 bits per heavy atom. The molecular formula is C12H14BrCl2NO2. The summed E-state index contributed by atoms with van der Waals surface area (Å²) in [5.74, 6) is 0.949. The molecule has 100 valence electrons. The Hall–Kier alpha value is -0.450. The highest BCUT2D eigenvalue weighted by atomic mass is 79.9. The molecule has 0 aliphatic carbocycles. The third kappa shape index (κ3) is 3.77. The van der Waals surface area contributed by atoms with Gasteiger partial charge in [0.05, 0.1) is 17.1 Å². The number of rotatable bonds is 5. The Labute approximate surface area is 125 Å². The molecule has 0 aliphatic heterocycles. The van der Waals surface area contributed by atoms with Crippen LogP contribution in [-0.2, 0) is 0 Å². The topological polar surface area (TPSA) is 38.3 Å². The molecular weight excluding hydrogens is 341 g/mol. The van der Waals surface area contributed by atoms with Crippen LogP contribution in [-0.4, -0.2) is 30.3 Å². The first-order valence-corrected chi connectivity index (χ1v) is 7.10. The summed E-state index contributed by atoms with van der Waals surface area (Å²) in [5.41, 5.74) is -0.101. The van der Waals surface area contributed by atoms with Crippen molar-refractivity contribution in [3.8, 4) is 5.75 Å². The maximum absolute atomic E-state index is 12.0. The van der Waals surface area contributed by atoms with Gasteiger partial charge in [0.15, 0.2) is 0 Å². The number of alkyl halides is 2. The normalized spacial score (nSPS) is 11.2. The molecule has 0 radical (unpaired) electrons. The van der Waals surface area contributed by atoms with Gasteiger partial charge in [-0.25, -0.2) is 0 Å². The maximum Gasteiger partial charge on any atom is 0.251 e. The van der Waals surface area contributed by atoms with Crippen LogP contribution in [0.5, 0.6) is 5.75 Å². The zero-order chi connectivity index (χ0) is 13.8. The van der Waals surface area contributed by atoms with E-state index in [1.54, 1.807) is 32.2 Å². The molecule has 0 heterocycles. The molecule has 0 aromatic heterocycles. The summed E-state index contributed by atoms with van der Waals surface area (Å²) < 4.78 is 5.82. The zero-order valence-corrected chi connectivity index (χ0v) is 13.2. The summed E-state index contributed by atoms with van der Waals surface area (Å²) in [5, 5.41) is 2.81. The van der Waals surface area contributed by atoms with Crippen molar-refractivity contribution in [3.63, 3.8) is 0 Å². The van der Waals surface area contributed by atoms with Crippen LogP contribution in [0.15, 0.2) is 22.7 Å². The van der Waals surface area contributed by atoms with Crippen molar-refractivity contribution in [1.82, 2.24) is 5.32 Å². The van der Waals surface area contributed by atoms with E-state index in [2.05, 4.69) is 21.2 Å². The zero-order valence-electron chi connectivity index (χ0n) is 10.1. The number of carbonyl (C=O) groups excluding carboxylic acids is 1. The number of benzene rings is 1. The second-order valence-electron chi connectivity index (χ2n) is 4.13. The van der Waals surface area contributed by atoms with E-state index in [0.29, 0.717) is 11.3 Å². The standard InChI is InChI=1S/C12H14BrCl2NO2/c1-12(6-14,7-15)16-11(17)8-3-4-10(18-2)9(13)5-8/h3-5H,6-7H2,1-2H3,(H,16,17). The van der Waals surface area contributed by atoms with E-state index in [1.165, 1.54) is 0 Å². The first kappa shape index (κ1) is 15.6. The van der Waals surface area contributed by atoms with Gasteiger partial charge in [-0.3, -0.25) is 4.79 Å². The summed E-state index contributed by atoms with van der Waals surface area (Å²) >= 11 is 14.9. The molecule has 0 unspecified atom stereocenters. The number of ether oxygens (including phenoxy) is 1. The van der Waals surface area contributed by atoms with Crippen LogP contribution in [0.2, 0.25) is 0 Å². The van der Waals surface area contributed by atoms with Crippen molar-refractivity contribution in [2.45, 2.75) is 12.5 Å². The van der Waals surface area contributed by atoms with Crippen LogP contribution in [0, 0.1) is 0 Å². The van der Waals surface area contributed by atoms with Crippen molar-refractivity contribution >= 4 is 45.0 Å². The summed E-state index contributed by atoms with van der Waals surface area (Å²) in [6, 6.07) is 5.09. The van der Waals surface area contributed by atoms with Gasteiger partial charge in [-0.15, -0.1) is 23.2 Å². The molecule has 1 rings (SSSR count). The number of amides is 1. The highest BCUT2D eigenvalue weighted by Gasteiger charge is 2.25. The molecule has 0 fully saturated rings. The highest BCUT2D eigenvalue weighted by molar-refractivity contribution is 9.10. The fraction of sp³-hybridized carbons (Fsp3) is 0.417. The average Bonchev–Trinajstić information content (AvgIpc) is 2.38. The van der Waals surface area contributed by atoms with Gasteiger partial charge in [0.2, 0.25) is 0 Å². The summed E-state index contributed by atoms with van der Waals surface area (Å²) in [7, 11) is 1.57. The molecule has 0 spiro atoms. The summed E-state index contributed by atoms with van der Waals surface area (Å²) in [6.07, 6.45) is 0. The molecule has 0 atom stereocenters. The number of hydrogen-bond acceptors (Lipinski definition) is 2. The second kappa shape index (κ2) is 6.64. The fourth-order valence-electron chi connectivity index (χ4n) is 1.26. The first-order chi connectivity index (χ1) is 8.45. The van der Waals surface area contributed by atoms with Crippen molar-refractivity contribution in [1.29, 1.82) is 0 Å². The van der Waals surface area contributed by atoms with E-state index >= 15 is 0 Å². The van der Waals surface area contributed by atoms with Crippen LogP contribution >= 0.6 is 39.1 Å². The molecule has 6 heteroatoms. The monoisotopic (exact) mass is 353 g/mol. The lowest BCUT2D eigenvalue weighted by Gasteiger charge is -2.26. The maximum atomic E-state index is 12.0. The Kier molecular flexibility index (Phi) is 5.76. The lowest BCUT2D eigenvalue weighted by molar-refractivity contribution is 0.0921. The molecule has 0 saturated carbocycles. The van der Waals surface area contributed by atoms with Crippen molar-refractivity contribution in [3.05, 3.63) is 28.2 Å². The molecule has 1 aromatic rings. The molecule has 0 bridgehead atoms. The Morgan fingerprint density at radius 3 is 2.50 bits per heavy atom. The van der Waals surface area contributed by atoms with Gasteiger partial charge in [-0.2, -0.15) is 0 Å². The number of halogens is 3. The quantitative estimate of drug-likeness (QED) is 0.822.